The second-order valence-electron chi connectivity index (χ2n) is 3.77. The number of benzene rings is 1. The van der Waals surface area contributed by atoms with Crippen LogP contribution in [0.2, 0.25) is 0 Å². The molecule has 1 atom stereocenters. The molecule has 2 N–H and O–H groups in total. The lowest BCUT2D eigenvalue weighted by atomic mass is 10.1. The maximum atomic E-state index is 11.7. The molecule has 0 radical (unpaired) electrons. The van der Waals surface area contributed by atoms with Gasteiger partial charge in [-0.2, -0.15) is 0 Å². The Bertz CT molecular complexity index is 426. The molecular weight excluding hydrogens is 206 g/mol. The number of ether oxygens (including phenoxy) is 1. The second kappa shape index (κ2) is 4.79. The summed E-state index contributed by atoms with van der Waals surface area (Å²) in [6.45, 7) is 5.20. The second-order valence-corrected chi connectivity index (χ2v) is 3.77. The van der Waals surface area contributed by atoms with Gasteiger partial charge in [0.25, 0.3) is 5.91 Å². The van der Waals surface area contributed by atoms with Crippen LogP contribution in [0.5, 0.6) is 0 Å². The monoisotopic (exact) mass is 221 g/mol. The van der Waals surface area contributed by atoms with Crippen molar-refractivity contribution in [1.29, 1.82) is 0 Å². The third kappa shape index (κ3) is 2.82. The van der Waals surface area contributed by atoms with Gasteiger partial charge in [0.1, 0.15) is 0 Å². The summed E-state index contributed by atoms with van der Waals surface area (Å²) in [5, 5.41) is 0. The maximum Gasteiger partial charge on any atom is 0.339 e. The Balaban J connectivity index is 2.85. The van der Waals surface area contributed by atoms with Gasteiger partial charge in [0, 0.05) is 0 Å². The Hall–Kier alpha value is -1.84. The Labute approximate surface area is 94.4 Å². The lowest BCUT2D eigenvalue weighted by Gasteiger charge is -2.11. The summed E-state index contributed by atoms with van der Waals surface area (Å²) in [6, 6.07) is 5.38. The summed E-state index contributed by atoms with van der Waals surface area (Å²) in [7, 11) is 0. The molecule has 86 valence electrons. The predicted molar refractivity (Wildman–Crippen MR) is 60.0 cm³/mol. The van der Waals surface area contributed by atoms with E-state index in [9.17, 15) is 9.59 Å². The zero-order valence-corrected chi connectivity index (χ0v) is 9.61. The van der Waals surface area contributed by atoms with Crippen LogP contribution in [0.4, 0.5) is 0 Å². The molecule has 1 amide bonds. The molecule has 0 aromatic heterocycles. The lowest BCUT2D eigenvalue weighted by Crippen LogP contribution is -2.30. The van der Waals surface area contributed by atoms with Crippen LogP contribution in [0.1, 0.15) is 28.4 Å². The van der Waals surface area contributed by atoms with E-state index in [2.05, 4.69) is 0 Å². The molecule has 0 saturated carbocycles. The quantitative estimate of drug-likeness (QED) is 0.783. The molecule has 0 bridgehead atoms. The van der Waals surface area contributed by atoms with Gasteiger partial charge >= 0.3 is 5.97 Å². The molecule has 0 heterocycles. The van der Waals surface area contributed by atoms with E-state index in [0.717, 1.165) is 11.1 Å². The van der Waals surface area contributed by atoms with Gasteiger partial charge in [-0.15, -0.1) is 0 Å². The molecule has 0 aliphatic carbocycles. The maximum absolute atomic E-state index is 11.7. The number of carbonyl (C=O) groups excluding carboxylic acids is 2. The van der Waals surface area contributed by atoms with Crippen molar-refractivity contribution in [2.24, 2.45) is 5.73 Å². The minimum atomic E-state index is -0.909. The summed E-state index contributed by atoms with van der Waals surface area (Å²) in [6.07, 6.45) is -0.909. The number of primary amides is 1. The summed E-state index contributed by atoms with van der Waals surface area (Å²) in [5.41, 5.74) is 7.35. The van der Waals surface area contributed by atoms with Crippen LogP contribution in [0.25, 0.3) is 0 Å². The van der Waals surface area contributed by atoms with E-state index in [1.165, 1.54) is 6.92 Å². The molecule has 1 aromatic carbocycles. The van der Waals surface area contributed by atoms with Crippen LogP contribution in [0.3, 0.4) is 0 Å². The first kappa shape index (κ1) is 12.2. The van der Waals surface area contributed by atoms with Crippen molar-refractivity contribution < 1.29 is 14.3 Å². The first-order chi connectivity index (χ1) is 7.41. The summed E-state index contributed by atoms with van der Waals surface area (Å²) in [5.74, 6) is -1.18. The van der Waals surface area contributed by atoms with Crippen molar-refractivity contribution in [3.8, 4) is 0 Å². The van der Waals surface area contributed by atoms with Gasteiger partial charge in [0.15, 0.2) is 6.10 Å². The fourth-order valence-corrected chi connectivity index (χ4v) is 1.32. The molecular formula is C12H15NO3. The van der Waals surface area contributed by atoms with Gasteiger partial charge in [0.2, 0.25) is 0 Å². The third-order valence-electron chi connectivity index (χ3n) is 2.29. The van der Waals surface area contributed by atoms with Gasteiger partial charge < -0.3 is 10.5 Å². The number of carbonyl (C=O) groups is 2. The largest absolute Gasteiger partial charge is 0.449 e. The minimum absolute atomic E-state index is 0.457. The topological polar surface area (TPSA) is 69.4 Å². The van der Waals surface area contributed by atoms with Crippen molar-refractivity contribution in [3.05, 3.63) is 34.9 Å². The molecule has 1 aromatic rings. The molecule has 4 nitrogen and oxygen atoms in total. The Morgan fingerprint density at radius 2 is 1.94 bits per heavy atom. The molecule has 0 spiro atoms. The zero-order chi connectivity index (χ0) is 12.3. The van der Waals surface area contributed by atoms with Gasteiger partial charge in [-0.05, 0) is 32.4 Å². The molecule has 4 heteroatoms. The highest BCUT2D eigenvalue weighted by molar-refractivity contribution is 5.93. The highest BCUT2D eigenvalue weighted by atomic mass is 16.5. The van der Waals surface area contributed by atoms with E-state index in [1.807, 2.05) is 26.0 Å². The number of amides is 1. The summed E-state index contributed by atoms with van der Waals surface area (Å²) in [4.78, 5) is 22.4. The molecule has 0 aliphatic heterocycles. The van der Waals surface area contributed by atoms with E-state index in [-0.39, 0.29) is 0 Å². The van der Waals surface area contributed by atoms with Crippen LogP contribution >= 0.6 is 0 Å². The lowest BCUT2D eigenvalue weighted by molar-refractivity contribution is -0.125. The van der Waals surface area contributed by atoms with E-state index in [4.69, 9.17) is 10.5 Å². The van der Waals surface area contributed by atoms with Gasteiger partial charge in [-0.1, -0.05) is 17.7 Å². The van der Waals surface area contributed by atoms with E-state index < -0.39 is 18.0 Å². The van der Waals surface area contributed by atoms with Crippen LogP contribution in [0, 0.1) is 13.8 Å². The van der Waals surface area contributed by atoms with Crippen molar-refractivity contribution in [3.63, 3.8) is 0 Å². The van der Waals surface area contributed by atoms with E-state index in [1.54, 1.807) is 6.07 Å². The van der Waals surface area contributed by atoms with Crippen molar-refractivity contribution in [2.45, 2.75) is 26.9 Å². The molecule has 0 unspecified atom stereocenters. The van der Waals surface area contributed by atoms with Gasteiger partial charge in [0.05, 0.1) is 5.56 Å². The summed E-state index contributed by atoms with van der Waals surface area (Å²) >= 11 is 0. The fraction of sp³-hybridized carbons (Fsp3) is 0.333. The molecule has 1 rings (SSSR count). The fourth-order valence-electron chi connectivity index (χ4n) is 1.32. The van der Waals surface area contributed by atoms with Crippen LogP contribution < -0.4 is 5.73 Å². The van der Waals surface area contributed by atoms with Crippen molar-refractivity contribution >= 4 is 11.9 Å². The van der Waals surface area contributed by atoms with Crippen LogP contribution in [-0.4, -0.2) is 18.0 Å². The Morgan fingerprint density at radius 1 is 1.31 bits per heavy atom. The van der Waals surface area contributed by atoms with Gasteiger partial charge in [-0.25, -0.2) is 4.79 Å². The minimum Gasteiger partial charge on any atom is -0.449 e. The number of nitrogens with two attached hydrogens (primary N) is 1. The SMILES string of the molecule is Cc1ccc(C(=O)O[C@@H](C)C(N)=O)c(C)c1. The van der Waals surface area contributed by atoms with Crippen LogP contribution in [0.15, 0.2) is 18.2 Å². The smallest absolute Gasteiger partial charge is 0.339 e. The van der Waals surface area contributed by atoms with Gasteiger partial charge in [-0.3, -0.25) is 4.79 Å². The average molecular weight is 221 g/mol. The molecule has 0 saturated heterocycles. The first-order valence-electron chi connectivity index (χ1n) is 4.99. The highest BCUT2D eigenvalue weighted by Gasteiger charge is 2.17. The first-order valence-corrected chi connectivity index (χ1v) is 4.99. The molecule has 0 aliphatic rings. The Kier molecular flexibility index (Phi) is 3.66. The Morgan fingerprint density at radius 3 is 2.44 bits per heavy atom. The number of rotatable bonds is 3. The zero-order valence-electron chi connectivity index (χ0n) is 9.61. The normalized spacial score (nSPS) is 11.9. The van der Waals surface area contributed by atoms with E-state index >= 15 is 0 Å². The van der Waals surface area contributed by atoms with Crippen molar-refractivity contribution in [2.75, 3.05) is 0 Å². The molecule has 0 fully saturated rings. The van der Waals surface area contributed by atoms with Crippen molar-refractivity contribution in [1.82, 2.24) is 0 Å². The average Bonchev–Trinajstić information content (AvgIpc) is 2.16. The van der Waals surface area contributed by atoms with E-state index in [0.29, 0.717) is 5.56 Å². The standard InChI is InChI=1S/C12H15NO3/c1-7-4-5-10(8(2)6-7)12(15)16-9(3)11(13)14/h4-6,9H,1-3H3,(H2,13,14)/t9-/m0/s1. The number of hydrogen-bond donors (Lipinski definition) is 1. The number of aryl methyl sites for hydroxylation is 2. The highest BCUT2D eigenvalue weighted by Crippen LogP contribution is 2.12. The predicted octanol–water partition coefficient (Wildman–Crippen LogP) is 1.33. The third-order valence-corrected chi connectivity index (χ3v) is 2.29. The summed E-state index contributed by atoms with van der Waals surface area (Å²) < 4.78 is 4.91. The van der Waals surface area contributed by atoms with Crippen LogP contribution in [-0.2, 0) is 9.53 Å². The number of esters is 1. The number of hydrogen-bond acceptors (Lipinski definition) is 3. The molecule has 16 heavy (non-hydrogen) atoms.